The summed E-state index contributed by atoms with van der Waals surface area (Å²) in [5, 5.41) is 0.555. The zero-order valence-corrected chi connectivity index (χ0v) is 20.6. The molecule has 0 bridgehead atoms. The summed E-state index contributed by atoms with van der Waals surface area (Å²) in [5.74, 6) is 1.02. The van der Waals surface area contributed by atoms with Gasteiger partial charge in [-0.05, 0) is 44.0 Å². The summed E-state index contributed by atoms with van der Waals surface area (Å²) >= 11 is 0. The van der Waals surface area contributed by atoms with Crippen molar-refractivity contribution in [2.75, 3.05) is 44.7 Å². The van der Waals surface area contributed by atoms with Gasteiger partial charge in [-0.3, -0.25) is 18.8 Å². The van der Waals surface area contributed by atoms with Crippen LogP contribution in [0.15, 0.2) is 58.1 Å². The molecule has 4 rings (SSSR count). The second kappa shape index (κ2) is 11.4. The summed E-state index contributed by atoms with van der Waals surface area (Å²) in [7, 11) is 1.69. The van der Waals surface area contributed by atoms with Gasteiger partial charge in [-0.25, -0.2) is 4.79 Å². The van der Waals surface area contributed by atoms with E-state index in [1.54, 1.807) is 24.7 Å². The molecule has 8 heteroatoms. The first-order chi connectivity index (χ1) is 17.0. The molecule has 0 atom stereocenters. The number of methoxy groups -OCH3 is 1. The Hall–Kier alpha value is -3.39. The summed E-state index contributed by atoms with van der Waals surface area (Å²) in [4.78, 5) is 42.4. The minimum Gasteiger partial charge on any atom is -0.495 e. The molecule has 2 heterocycles. The first kappa shape index (κ1) is 24.7. The van der Waals surface area contributed by atoms with E-state index in [1.807, 2.05) is 36.4 Å². The van der Waals surface area contributed by atoms with E-state index in [1.165, 1.54) is 4.57 Å². The molecule has 1 aliphatic heterocycles. The number of nitrogens with zero attached hydrogens (tertiary/aromatic N) is 4. The van der Waals surface area contributed by atoms with Crippen molar-refractivity contribution in [2.45, 2.75) is 39.3 Å². The van der Waals surface area contributed by atoms with Gasteiger partial charge in [0.2, 0.25) is 0 Å². The first-order valence-electron chi connectivity index (χ1n) is 12.3. The van der Waals surface area contributed by atoms with Gasteiger partial charge in [0.25, 0.3) is 5.56 Å². The third-order valence-corrected chi connectivity index (χ3v) is 6.73. The molecule has 0 radical (unpaired) electrons. The Morgan fingerprint density at radius 2 is 1.57 bits per heavy atom. The van der Waals surface area contributed by atoms with Crippen LogP contribution in [0.2, 0.25) is 0 Å². The van der Waals surface area contributed by atoms with Crippen LogP contribution in [0.1, 0.15) is 26.2 Å². The first-order valence-corrected chi connectivity index (χ1v) is 12.3. The molecule has 0 N–H and O–H groups in total. The van der Waals surface area contributed by atoms with E-state index < -0.39 is 0 Å². The topological polar surface area (TPSA) is 76.8 Å². The Kier molecular flexibility index (Phi) is 8.02. The van der Waals surface area contributed by atoms with Gasteiger partial charge in [0.05, 0.1) is 23.7 Å². The molecular weight excluding hydrogens is 444 g/mol. The molecule has 8 nitrogen and oxygen atoms in total. The van der Waals surface area contributed by atoms with Gasteiger partial charge in [-0.1, -0.05) is 24.3 Å². The van der Waals surface area contributed by atoms with E-state index >= 15 is 0 Å². The lowest BCUT2D eigenvalue weighted by atomic mass is 10.2. The smallest absolute Gasteiger partial charge is 0.331 e. The van der Waals surface area contributed by atoms with E-state index in [2.05, 4.69) is 15.9 Å². The van der Waals surface area contributed by atoms with Crippen LogP contribution in [0.3, 0.4) is 0 Å². The Balaban J connectivity index is 1.46. The number of para-hydroxylation sites is 3. The van der Waals surface area contributed by atoms with Gasteiger partial charge in [-0.15, -0.1) is 0 Å². The number of ether oxygens (including phenoxy) is 1. The number of rotatable bonds is 10. The van der Waals surface area contributed by atoms with Crippen molar-refractivity contribution in [2.24, 2.45) is 0 Å². The van der Waals surface area contributed by atoms with Gasteiger partial charge in [-0.2, -0.15) is 0 Å². The molecule has 1 aliphatic rings. The van der Waals surface area contributed by atoms with Crippen LogP contribution >= 0.6 is 0 Å². The highest BCUT2D eigenvalue weighted by Crippen LogP contribution is 2.28. The largest absolute Gasteiger partial charge is 0.495 e. The van der Waals surface area contributed by atoms with Crippen LogP contribution < -0.4 is 20.9 Å². The molecule has 0 aliphatic carbocycles. The van der Waals surface area contributed by atoms with E-state index in [0.717, 1.165) is 44.0 Å². The van der Waals surface area contributed by atoms with Crippen LogP contribution in [0, 0.1) is 0 Å². The fourth-order valence-corrected chi connectivity index (χ4v) is 4.77. The summed E-state index contributed by atoms with van der Waals surface area (Å²) in [5.41, 5.74) is 1.24. The molecule has 35 heavy (non-hydrogen) atoms. The van der Waals surface area contributed by atoms with Crippen LogP contribution in [-0.4, -0.2) is 59.7 Å². The van der Waals surface area contributed by atoms with Crippen molar-refractivity contribution >= 4 is 22.4 Å². The summed E-state index contributed by atoms with van der Waals surface area (Å²) in [6, 6.07) is 15.3. The average molecular weight is 479 g/mol. The van der Waals surface area contributed by atoms with Gasteiger partial charge >= 0.3 is 5.69 Å². The van der Waals surface area contributed by atoms with E-state index in [0.29, 0.717) is 43.4 Å². The number of benzene rings is 2. The van der Waals surface area contributed by atoms with Crippen molar-refractivity contribution in [3.63, 3.8) is 0 Å². The second-order valence-electron chi connectivity index (χ2n) is 9.07. The highest BCUT2D eigenvalue weighted by Gasteiger charge is 2.20. The number of unbranched alkanes of at least 4 members (excludes halogenated alkanes) is 1. The van der Waals surface area contributed by atoms with Crippen LogP contribution in [0.5, 0.6) is 5.75 Å². The maximum absolute atomic E-state index is 13.3. The summed E-state index contributed by atoms with van der Waals surface area (Å²) in [6.07, 6.45) is 1.95. The lowest BCUT2D eigenvalue weighted by Gasteiger charge is -2.36. The summed E-state index contributed by atoms with van der Waals surface area (Å²) in [6.45, 7) is 6.46. The number of hydrogen-bond acceptors (Lipinski definition) is 6. The normalized spacial score (nSPS) is 14.4. The van der Waals surface area contributed by atoms with E-state index in [9.17, 15) is 14.4 Å². The molecule has 186 valence electrons. The fourth-order valence-electron chi connectivity index (χ4n) is 4.77. The maximum atomic E-state index is 13.3. The number of hydrogen-bond donors (Lipinski definition) is 0. The number of ketones is 1. The maximum Gasteiger partial charge on any atom is 0.331 e. The molecule has 3 aromatic rings. The predicted molar refractivity (Wildman–Crippen MR) is 139 cm³/mol. The number of Topliss-reactive ketones (excluding diaryl/α,β-unsaturated/α-hetero) is 1. The Bertz CT molecular complexity index is 1290. The monoisotopic (exact) mass is 478 g/mol. The second-order valence-corrected chi connectivity index (χ2v) is 9.07. The number of carbonyl (C=O) groups excluding carboxylic acids is 1. The van der Waals surface area contributed by atoms with E-state index in [-0.39, 0.29) is 17.0 Å². The number of piperazine rings is 1. The van der Waals surface area contributed by atoms with Crippen molar-refractivity contribution in [1.29, 1.82) is 0 Å². The number of anilines is 1. The zero-order chi connectivity index (χ0) is 24.8. The van der Waals surface area contributed by atoms with Crippen LogP contribution in [-0.2, 0) is 17.9 Å². The molecule has 0 amide bonds. The molecule has 0 unspecified atom stereocenters. The highest BCUT2D eigenvalue weighted by molar-refractivity contribution is 5.78. The number of fused-ring (bicyclic) bond motifs is 1. The van der Waals surface area contributed by atoms with Gasteiger partial charge in [0.1, 0.15) is 11.5 Å². The highest BCUT2D eigenvalue weighted by atomic mass is 16.5. The quantitative estimate of drug-likeness (QED) is 0.417. The third kappa shape index (κ3) is 5.65. The Morgan fingerprint density at radius 3 is 2.31 bits per heavy atom. The van der Waals surface area contributed by atoms with Crippen molar-refractivity contribution in [1.82, 2.24) is 14.0 Å². The molecule has 1 aromatic heterocycles. The van der Waals surface area contributed by atoms with Crippen molar-refractivity contribution in [3.05, 3.63) is 69.4 Å². The number of aromatic nitrogens is 2. The third-order valence-electron chi connectivity index (χ3n) is 6.73. The average Bonchev–Trinajstić information content (AvgIpc) is 2.88. The Labute approximate surface area is 205 Å². The molecule has 1 saturated heterocycles. The number of aryl methyl sites for hydroxylation is 1. The molecule has 0 spiro atoms. The number of carbonyl (C=O) groups is 1. The van der Waals surface area contributed by atoms with Crippen molar-refractivity contribution in [3.8, 4) is 5.75 Å². The van der Waals surface area contributed by atoms with Gasteiger partial charge in [0, 0.05) is 52.2 Å². The SMILES string of the molecule is COc1ccccc1N1CCN(CCn2c(=O)c3ccccc3n(CCCCC(C)=O)c2=O)CC1. The fraction of sp³-hybridized carbons (Fsp3) is 0.444. The Morgan fingerprint density at radius 1 is 0.857 bits per heavy atom. The summed E-state index contributed by atoms with van der Waals surface area (Å²) < 4.78 is 8.57. The lowest BCUT2D eigenvalue weighted by molar-refractivity contribution is -0.117. The lowest BCUT2D eigenvalue weighted by Crippen LogP contribution is -2.49. The van der Waals surface area contributed by atoms with Crippen LogP contribution in [0.25, 0.3) is 10.9 Å². The standard InChI is InChI=1S/C27H34N4O4/c1-21(32)9-7-8-14-30-23-11-4-3-10-22(23)26(33)31(27(30)34)20-17-28-15-18-29(19-16-28)24-12-5-6-13-25(24)35-2/h3-6,10-13H,7-9,14-20H2,1-2H3. The molecular formula is C27H34N4O4. The molecule has 1 fully saturated rings. The molecule has 2 aromatic carbocycles. The van der Waals surface area contributed by atoms with Gasteiger partial charge in [0.15, 0.2) is 0 Å². The van der Waals surface area contributed by atoms with E-state index in [4.69, 9.17) is 4.74 Å². The van der Waals surface area contributed by atoms with Gasteiger partial charge < -0.3 is 14.4 Å². The minimum atomic E-state index is -0.274. The predicted octanol–water partition coefficient (Wildman–Crippen LogP) is 2.75. The zero-order valence-electron chi connectivity index (χ0n) is 20.6. The molecule has 0 saturated carbocycles. The minimum absolute atomic E-state index is 0.151. The van der Waals surface area contributed by atoms with Crippen molar-refractivity contribution < 1.29 is 9.53 Å². The van der Waals surface area contributed by atoms with Crippen LogP contribution in [0.4, 0.5) is 5.69 Å².